The Morgan fingerprint density at radius 2 is 2.19 bits per heavy atom. The number of hydrogen-bond acceptors (Lipinski definition) is 6. The Bertz CT molecular complexity index is 604. The molecule has 0 aliphatic carbocycles. The van der Waals surface area contributed by atoms with Gasteiger partial charge in [0.15, 0.2) is 0 Å². The first kappa shape index (κ1) is 20.2. The third-order valence-electron chi connectivity index (χ3n) is 4.21. The number of H-pyrrole nitrogens is 1. The first-order chi connectivity index (χ1) is 12.5. The van der Waals surface area contributed by atoms with Gasteiger partial charge in [0.2, 0.25) is 11.8 Å². The normalized spacial score (nSPS) is 18.9. The first-order valence-electron chi connectivity index (χ1n) is 8.54. The van der Waals surface area contributed by atoms with Crippen molar-refractivity contribution in [2.45, 2.75) is 43.8 Å². The van der Waals surface area contributed by atoms with Crippen molar-refractivity contribution in [1.29, 1.82) is 0 Å². The molecule has 5 N–H and O–H groups in total. The topological polar surface area (TPSA) is 136 Å². The molecule has 10 heteroatoms. The maximum absolute atomic E-state index is 12.6. The number of nitrogens with one attached hydrogen (secondary N) is 4. The molecule has 0 saturated carbocycles. The fourth-order valence-electron chi connectivity index (χ4n) is 2.77. The molecule has 2 rings (SSSR count). The van der Waals surface area contributed by atoms with Crippen LogP contribution in [-0.4, -0.2) is 69.5 Å². The number of amides is 2. The monoisotopic (exact) mass is 383 g/mol. The Labute approximate surface area is 156 Å². The van der Waals surface area contributed by atoms with Crippen molar-refractivity contribution in [3.63, 3.8) is 0 Å². The van der Waals surface area contributed by atoms with Crippen molar-refractivity contribution in [3.8, 4) is 0 Å². The minimum Gasteiger partial charge on any atom is -0.480 e. The molecule has 1 aromatic rings. The second-order valence-corrected chi connectivity index (χ2v) is 7.16. The van der Waals surface area contributed by atoms with Gasteiger partial charge in [0.05, 0.1) is 12.4 Å². The maximum atomic E-state index is 12.6. The number of thioether (sulfide) groups is 1. The van der Waals surface area contributed by atoms with E-state index in [1.807, 2.05) is 6.26 Å². The fraction of sp³-hybridized carbons (Fsp3) is 0.625. The molecule has 1 saturated heterocycles. The standard InChI is InChI=1S/C16H25N5O4S/c1-26-6-4-12(16(24)25)20-15(23)13(7-10-8-17-9-19-10)21-14(22)11-3-2-5-18-11/h8-9,11-13,18H,2-7H2,1H3,(H,17,19)(H,20,23)(H,21,22)(H,24,25). The number of carbonyl (C=O) groups excluding carboxylic acids is 2. The molecule has 0 bridgehead atoms. The summed E-state index contributed by atoms with van der Waals surface area (Å²) < 4.78 is 0. The molecule has 0 spiro atoms. The van der Waals surface area contributed by atoms with Crippen LogP contribution in [0, 0.1) is 0 Å². The van der Waals surface area contributed by atoms with Crippen LogP contribution in [0.2, 0.25) is 0 Å². The molecule has 26 heavy (non-hydrogen) atoms. The Morgan fingerprint density at radius 3 is 2.77 bits per heavy atom. The lowest BCUT2D eigenvalue weighted by molar-refractivity contribution is -0.142. The van der Waals surface area contributed by atoms with E-state index in [4.69, 9.17) is 0 Å². The minimum atomic E-state index is -1.09. The number of imidazole rings is 1. The minimum absolute atomic E-state index is 0.208. The average Bonchev–Trinajstić information content (AvgIpc) is 3.30. The molecule has 1 fully saturated rings. The zero-order valence-electron chi connectivity index (χ0n) is 14.7. The van der Waals surface area contributed by atoms with Gasteiger partial charge in [-0.15, -0.1) is 0 Å². The van der Waals surface area contributed by atoms with Crippen molar-refractivity contribution < 1.29 is 19.5 Å². The lowest BCUT2D eigenvalue weighted by atomic mass is 10.1. The summed E-state index contributed by atoms with van der Waals surface area (Å²) in [6.07, 6.45) is 7.08. The van der Waals surface area contributed by atoms with E-state index >= 15 is 0 Å². The SMILES string of the molecule is CSCCC(NC(=O)C(Cc1cnc[nH]1)NC(=O)C1CCCN1)C(=O)O. The number of rotatable bonds is 10. The van der Waals surface area contributed by atoms with Gasteiger partial charge >= 0.3 is 5.97 Å². The van der Waals surface area contributed by atoms with Crippen LogP contribution < -0.4 is 16.0 Å². The van der Waals surface area contributed by atoms with Gasteiger partial charge in [-0.25, -0.2) is 9.78 Å². The van der Waals surface area contributed by atoms with E-state index in [1.54, 1.807) is 6.20 Å². The zero-order valence-corrected chi connectivity index (χ0v) is 15.5. The predicted molar refractivity (Wildman–Crippen MR) is 97.8 cm³/mol. The smallest absolute Gasteiger partial charge is 0.326 e. The van der Waals surface area contributed by atoms with Gasteiger partial charge in [0.1, 0.15) is 12.1 Å². The highest BCUT2D eigenvalue weighted by Gasteiger charge is 2.30. The Kier molecular flexibility index (Phi) is 7.92. The lowest BCUT2D eigenvalue weighted by Gasteiger charge is -2.22. The van der Waals surface area contributed by atoms with Crippen LogP contribution in [0.15, 0.2) is 12.5 Å². The summed E-state index contributed by atoms with van der Waals surface area (Å²) >= 11 is 1.51. The molecule has 9 nitrogen and oxygen atoms in total. The fourth-order valence-corrected chi connectivity index (χ4v) is 3.24. The second kappa shape index (κ2) is 10.2. The largest absolute Gasteiger partial charge is 0.480 e. The predicted octanol–water partition coefficient (Wildman–Crippen LogP) is -0.488. The summed E-state index contributed by atoms with van der Waals surface area (Å²) in [5.41, 5.74) is 0.681. The van der Waals surface area contributed by atoms with Crippen molar-refractivity contribution in [3.05, 3.63) is 18.2 Å². The molecule has 2 amide bonds. The molecule has 1 aromatic heterocycles. The third kappa shape index (κ3) is 6.03. The number of carboxylic acids is 1. The Morgan fingerprint density at radius 1 is 1.38 bits per heavy atom. The molecule has 1 aliphatic rings. The Hall–Kier alpha value is -2.07. The first-order valence-corrected chi connectivity index (χ1v) is 9.93. The van der Waals surface area contributed by atoms with Crippen molar-refractivity contribution in [2.24, 2.45) is 0 Å². The number of aromatic amines is 1. The number of carboxylic acid groups (broad SMARTS) is 1. The summed E-state index contributed by atoms with van der Waals surface area (Å²) in [5.74, 6) is -1.24. The zero-order chi connectivity index (χ0) is 18.9. The summed E-state index contributed by atoms with van der Waals surface area (Å²) in [4.78, 5) is 43.2. The average molecular weight is 383 g/mol. The van der Waals surface area contributed by atoms with Gasteiger partial charge in [-0.05, 0) is 37.8 Å². The number of hydrogen-bond donors (Lipinski definition) is 5. The summed E-state index contributed by atoms with van der Waals surface area (Å²) in [5, 5.41) is 17.7. The van der Waals surface area contributed by atoms with Crippen LogP contribution in [0.25, 0.3) is 0 Å². The van der Waals surface area contributed by atoms with Crippen LogP contribution in [-0.2, 0) is 20.8 Å². The highest BCUT2D eigenvalue weighted by molar-refractivity contribution is 7.98. The maximum Gasteiger partial charge on any atom is 0.326 e. The number of nitrogens with zero attached hydrogens (tertiary/aromatic N) is 1. The van der Waals surface area contributed by atoms with Gasteiger partial charge in [-0.3, -0.25) is 9.59 Å². The van der Waals surface area contributed by atoms with Gasteiger partial charge in [0.25, 0.3) is 0 Å². The molecule has 3 atom stereocenters. The van der Waals surface area contributed by atoms with Crippen molar-refractivity contribution >= 4 is 29.5 Å². The van der Waals surface area contributed by atoms with E-state index in [0.29, 0.717) is 17.9 Å². The van der Waals surface area contributed by atoms with Crippen LogP contribution in [0.1, 0.15) is 25.0 Å². The van der Waals surface area contributed by atoms with Crippen LogP contribution in [0.3, 0.4) is 0 Å². The number of carbonyl (C=O) groups is 3. The van der Waals surface area contributed by atoms with Crippen molar-refractivity contribution in [1.82, 2.24) is 25.9 Å². The van der Waals surface area contributed by atoms with Gasteiger partial charge in [0, 0.05) is 18.3 Å². The molecule has 1 aliphatic heterocycles. The van der Waals surface area contributed by atoms with Crippen LogP contribution in [0.4, 0.5) is 0 Å². The number of aromatic nitrogens is 2. The van der Waals surface area contributed by atoms with E-state index in [-0.39, 0.29) is 18.4 Å². The van der Waals surface area contributed by atoms with Gasteiger partial charge < -0.3 is 26.0 Å². The number of aliphatic carboxylic acids is 1. The van der Waals surface area contributed by atoms with E-state index in [2.05, 4.69) is 25.9 Å². The molecular formula is C16H25N5O4S. The molecule has 3 unspecified atom stereocenters. The van der Waals surface area contributed by atoms with Gasteiger partial charge in [-0.2, -0.15) is 11.8 Å². The highest BCUT2D eigenvalue weighted by atomic mass is 32.2. The summed E-state index contributed by atoms with van der Waals surface area (Å²) in [6, 6.07) is -2.18. The summed E-state index contributed by atoms with van der Waals surface area (Å²) in [7, 11) is 0. The molecule has 2 heterocycles. The second-order valence-electron chi connectivity index (χ2n) is 6.17. The molecule has 144 valence electrons. The molecular weight excluding hydrogens is 358 g/mol. The lowest BCUT2D eigenvalue weighted by Crippen LogP contribution is -2.55. The third-order valence-corrected chi connectivity index (χ3v) is 4.86. The van der Waals surface area contributed by atoms with Gasteiger partial charge in [-0.1, -0.05) is 0 Å². The highest BCUT2D eigenvalue weighted by Crippen LogP contribution is 2.07. The van der Waals surface area contributed by atoms with E-state index in [9.17, 15) is 19.5 Å². The van der Waals surface area contributed by atoms with Crippen LogP contribution >= 0.6 is 11.8 Å². The summed E-state index contributed by atoms with van der Waals surface area (Å²) in [6.45, 7) is 0.769. The van der Waals surface area contributed by atoms with Crippen LogP contribution in [0.5, 0.6) is 0 Å². The molecule has 0 aromatic carbocycles. The molecule has 0 radical (unpaired) electrons. The quantitative estimate of drug-likeness (QED) is 0.368. The Balaban J connectivity index is 2.04. The van der Waals surface area contributed by atoms with E-state index < -0.39 is 24.0 Å². The van der Waals surface area contributed by atoms with E-state index in [0.717, 1.165) is 19.4 Å². The van der Waals surface area contributed by atoms with Crippen molar-refractivity contribution in [2.75, 3.05) is 18.6 Å². The van der Waals surface area contributed by atoms with E-state index in [1.165, 1.54) is 18.1 Å².